The van der Waals surface area contributed by atoms with E-state index >= 15 is 0 Å². The number of likely N-dealkylation sites (tertiary alicyclic amines) is 1. The third kappa shape index (κ3) is 8.58. The van der Waals surface area contributed by atoms with E-state index in [0.717, 1.165) is 25.9 Å². The average molecular weight is 511 g/mol. The van der Waals surface area contributed by atoms with E-state index in [2.05, 4.69) is 11.0 Å². The van der Waals surface area contributed by atoms with E-state index in [9.17, 15) is 22.8 Å². The van der Waals surface area contributed by atoms with Crippen LogP contribution in [0, 0.1) is 11.3 Å². The third-order valence-electron chi connectivity index (χ3n) is 5.66. The highest BCUT2D eigenvalue weighted by Gasteiger charge is 2.38. The molecular weight excluding hydrogens is 481 g/mol. The molecule has 3 fully saturated rings. The van der Waals surface area contributed by atoms with Gasteiger partial charge in [0.25, 0.3) is 0 Å². The van der Waals surface area contributed by atoms with Crippen LogP contribution in [0.5, 0.6) is 0 Å². The topological polar surface area (TPSA) is 143 Å². The first kappa shape index (κ1) is 28.1. The average Bonchev–Trinajstić information content (AvgIpc) is 3.29. The van der Waals surface area contributed by atoms with Crippen molar-refractivity contribution < 1.29 is 37.4 Å². The number of hydrogen-bond acceptors (Lipinski definition) is 9. The van der Waals surface area contributed by atoms with Crippen LogP contribution in [0.2, 0.25) is 0 Å². The predicted octanol–water partition coefficient (Wildman–Crippen LogP) is -0.456. The van der Waals surface area contributed by atoms with Gasteiger partial charge in [0.05, 0.1) is 38.2 Å². The molecule has 3 heterocycles. The summed E-state index contributed by atoms with van der Waals surface area (Å²) in [7, 11) is 0. The Kier molecular flexibility index (Phi) is 10.8. The van der Waals surface area contributed by atoms with Crippen molar-refractivity contribution in [1.82, 2.24) is 19.7 Å². The van der Waals surface area contributed by atoms with Gasteiger partial charge in [0.2, 0.25) is 11.8 Å². The monoisotopic (exact) mass is 510 g/mol. The van der Waals surface area contributed by atoms with Gasteiger partial charge in [-0.05, 0) is 12.8 Å². The zero-order valence-electron chi connectivity index (χ0n) is 18.6. The number of thioether (sulfide) groups is 1. The first-order chi connectivity index (χ1) is 16.0. The number of carboxylic acids is 1. The molecular formula is C19H29F3N6O5S. The number of hydrogen-bond donors (Lipinski definition) is 2. The number of ether oxygens (including phenoxy) is 1. The van der Waals surface area contributed by atoms with Crippen LogP contribution in [-0.2, 0) is 19.1 Å². The maximum absolute atomic E-state index is 12.4. The summed E-state index contributed by atoms with van der Waals surface area (Å²) in [5.41, 5.74) is 0. The highest BCUT2D eigenvalue weighted by atomic mass is 32.2. The molecule has 11 nitrogen and oxygen atoms in total. The number of aliphatic carboxylic acids is 1. The summed E-state index contributed by atoms with van der Waals surface area (Å²) in [4.78, 5) is 39.3. The molecule has 0 aromatic rings. The van der Waals surface area contributed by atoms with Gasteiger partial charge in [0, 0.05) is 38.0 Å². The highest BCUT2D eigenvalue weighted by molar-refractivity contribution is 7.99. The lowest BCUT2D eigenvalue weighted by Crippen LogP contribution is -2.54. The molecule has 3 N–H and O–H groups in total. The Morgan fingerprint density at radius 3 is 2.26 bits per heavy atom. The van der Waals surface area contributed by atoms with Gasteiger partial charge in [-0.1, -0.05) is 0 Å². The standard InChI is InChI=1S/C17H28N6O3S.C2HF3O2/c18-9-15-12-27-13-22(15)17(25)11-23(19)14-1-3-20(4-2-14)10-16(24)21-5-7-26-8-6-21;3-2(4,5)1(6)7/h14-15H,1-8,10-13,19H2;(H,6,7). The van der Waals surface area contributed by atoms with E-state index in [-0.39, 0.29) is 30.4 Å². The summed E-state index contributed by atoms with van der Waals surface area (Å²) in [6.07, 6.45) is -3.42. The van der Waals surface area contributed by atoms with Crippen LogP contribution >= 0.6 is 11.8 Å². The summed E-state index contributed by atoms with van der Waals surface area (Å²) >= 11 is 1.60. The van der Waals surface area contributed by atoms with Gasteiger partial charge in [-0.15, -0.1) is 11.8 Å². The van der Waals surface area contributed by atoms with Crippen LogP contribution in [0.15, 0.2) is 0 Å². The van der Waals surface area contributed by atoms with Crippen LogP contribution in [0.1, 0.15) is 12.8 Å². The molecule has 3 aliphatic rings. The highest BCUT2D eigenvalue weighted by Crippen LogP contribution is 2.21. The normalized spacial score (nSPS) is 22.2. The van der Waals surface area contributed by atoms with Gasteiger partial charge in [-0.3, -0.25) is 20.3 Å². The van der Waals surface area contributed by atoms with Crippen LogP contribution in [0.4, 0.5) is 13.2 Å². The Labute approximate surface area is 199 Å². The number of amides is 2. The third-order valence-corrected chi connectivity index (χ3v) is 6.67. The minimum atomic E-state index is -5.08. The van der Waals surface area contributed by atoms with Crippen molar-refractivity contribution in [2.75, 3.05) is 64.1 Å². The minimum Gasteiger partial charge on any atom is -0.475 e. The molecule has 0 spiro atoms. The van der Waals surface area contributed by atoms with Crippen molar-refractivity contribution in [1.29, 1.82) is 5.26 Å². The maximum Gasteiger partial charge on any atom is 0.490 e. The van der Waals surface area contributed by atoms with E-state index in [1.54, 1.807) is 21.7 Å². The Morgan fingerprint density at radius 1 is 1.15 bits per heavy atom. The smallest absolute Gasteiger partial charge is 0.475 e. The molecule has 0 saturated carbocycles. The lowest BCUT2D eigenvalue weighted by Gasteiger charge is -2.37. The van der Waals surface area contributed by atoms with E-state index in [1.807, 2.05) is 4.90 Å². The number of alkyl halides is 3. The van der Waals surface area contributed by atoms with Crippen molar-refractivity contribution >= 4 is 29.5 Å². The van der Waals surface area contributed by atoms with Crippen LogP contribution in [0.3, 0.4) is 0 Å². The van der Waals surface area contributed by atoms with Gasteiger partial charge in [0.1, 0.15) is 6.04 Å². The number of nitrogens with two attached hydrogens (primary N) is 1. The molecule has 0 bridgehead atoms. The summed E-state index contributed by atoms with van der Waals surface area (Å²) in [5.74, 6) is 4.70. The second-order valence-corrected chi connectivity index (χ2v) is 8.98. The van der Waals surface area contributed by atoms with Crippen molar-refractivity contribution in [3.05, 3.63) is 0 Å². The van der Waals surface area contributed by atoms with Crippen molar-refractivity contribution in [2.45, 2.75) is 31.1 Å². The van der Waals surface area contributed by atoms with E-state index in [0.29, 0.717) is 44.5 Å². The summed E-state index contributed by atoms with van der Waals surface area (Å²) < 4.78 is 37.0. The Balaban J connectivity index is 0.000000509. The molecule has 2 amide bonds. The number of carbonyl (C=O) groups is 3. The number of piperidine rings is 1. The lowest BCUT2D eigenvalue weighted by atomic mass is 10.0. The molecule has 0 aromatic heterocycles. The zero-order chi connectivity index (χ0) is 25.3. The molecule has 192 valence electrons. The molecule has 0 aromatic carbocycles. The lowest BCUT2D eigenvalue weighted by molar-refractivity contribution is -0.192. The second-order valence-electron chi connectivity index (χ2n) is 7.98. The minimum absolute atomic E-state index is 0.0843. The maximum atomic E-state index is 12.4. The Morgan fingerprint density at radius 2 is 1.74 bits per heavy atom. The number of nitriles is 1. The van der Waals surface area contributed by atoms with Gasteiger partial charge in [-0.2, -0.15) is 18.4 Å². The molecule has 3 rings (SSSR count). The van der Waals surface area contributed by atoms with E-state index in [1.165, 1.54) is 0 Å². The fourth-order valence-electron chi connectivity index (χ4n) is 3.68. The fourth-order valence-corrected chi connectivity index (χ4v) is 4.79. The van der Waals surface area contributed by atoms with Crippen LogP contribution in [0.25, 0.3) is 0 Å². The van der Waals surface area contributed by atoms with E-state index in [4.69, 9.17) is 25.7 Å². The number of morpholine rings is 1. The molecule has 34 heavy (non-hydrogen) atoms. The van der Waals surface area contributed by atoms with Crippen LogP contribution < -0.4 is 5.84 Å². The number of carbonyl (C=O) groups excluding carboxylic acids is 2. The van der Waals surface area contributed by atoms with Gasteiger partial charge in [0.15, 0.2) is 0 Å². The predicted molar refractivity (Wildman–Crippen MR) is 115 cm³/mol. The summed E-state index contributed by atoms with van der Waals surface area (Å²) in [5, 5.41) is 17.9. The van der Waals surface area contributed by atoms with E-state index < -0.39 is 12.1 Å². The molecule has 1 unspecified atom stereocenters. The van der Waals surface area contributed by atoms with Gasteiger partial charge in [-0.25, -0.2) is 9.80 Å². The molecule has 1 atom stereocenters. The van der Waals surface area contributed by atoms with Crippen molar-refractivity contribution in [3.8, 4) is 6.07 Å². The number of carboxylic acid groups (broad SMARTS) is 1. The first-order valence-electron chi connectivity index (χ1n) is 10.7. The fraction of sp³-hybridized carbons (Fsp3) is 0.789. The first-order valence-corrected chi connectivity index (χ1v) is 11.8. The Hall–Kier alpha value is -2.12. The molecule has 0 aliphatic carbocycles. The molecule has 3 saturated heterocycles. The quantitative estimate of drug-likeness (QED) is 0.368. The van der Waals surface area contributed by atoms with Gasteiger partial charge < -0.3 is 19.6 Å². The van der Waals surface area contributed by atoms with Gasteiger partial charge >= 0.3 is 12.1 Å². The zero-order valence-corrected chi connectivity index (χ0v) is 19.4. The summed E-state index contributed by atoms with van der Waals surface area (Å²) in [6.45, 7) is 4.74. The van der Waals surface area contributed by atoms with Crippen LogP contribution in [-0.4, -0.2) is 125 Å². The number of hydrazine groups is 1. The second kappa shape index (κ2) is 13.1. The molecule has 15 heteroatoms. The van der Waals surface area contributed by atoms with Crippen molar-refractivity contribution in [3.63, 3.8) is 0 Å². The largest absolute Gasteiger partial charge is 0.490 e. The SMILES string of the molecule is N#CC1CSCN1C(=O)CN(N)C1CCN(CC(=O)N2CCOCC2)CC1.O=C(O)C(F)(F)F. The Bertz CT molecular complexity index is 754. The number of rotatable bonds is 5. The molecule has 3 aliphatic heterocycles. The summed E-state index contributed by atoms with van der Waals surface area (Å²) in [6, 6.07) is 1.95. The molecule has 0 radical (unpaired) electrons. The number of halogens is 3. The van der Waals surface area contributed by atoms with Crippen molar-refractivity contribution in [2.24, 2.45) is 5.84 Å². The number of nitrogens with zero attached hydrogens (tertiary/aromatic N) is 5.